The van der Waals surface area contributed by atoms with E-state index in [-0.39, 0.29) is 24.0 Å². The number of aryl methyl sites for hydroxylation is 2. The van der Waals surface area contributed by atoms with Crippen LogP contribution < -0.4 is 10.6 Å². The summed E-state index contributed by atoms with van der Waals surface area (Å²) < 4.78 is 0. The predicted octanol–water partition coefficient (Wildman–Crippen LogP) is 2.23. The molecule has 0 bridgehead atoms. The van der Waals surface area contributed by atoms with E-state index in [9.17, 15) is 0 Å². The van der Waals surface area contributed by atoms with E-state index >= 15 is 0 Å². The highest BCUT2D eigenvalue weighted by atomic mass is 127. The molecular weight excluding hydrogens is 347 g/mol. The van der Waals surface area contributed by atoms with Gasteiger partial charge in [0, 0.05) is 18.5 Å². The SMILES string of the molecule is C=CCNC(=NC)NCc1nc(C)c(C)s1.I. The fourth-order valence-corrected chi connectivity index (χ4v) is 2.04. The lowest BCUT2D eigenvalue weighted by Gasteiger charge is -2.08. The number of rotatable bonds is 4. The number of aliphatic imine (C=N–C) groups is 1. The molecule has 0 saturated carbocycles. The van der Waals surface area contributed by atoms with Crippen molar-refractivity contribution in [1.82, 2.24) is 15.6 Å². The van der Waals surface area contributed by atoms with Gasteiger partial charge in [0.1, 0.15) is 5.01 Å². The number of guanidine groups is 1. The topological polar surface area (TPSA) is 49.3 Å². The zero-order valence-electron chi connectivity index (χ0n) is 10.4. The average Bonchev–Trinajstić information content (AvgIpc) is 2.59. The van der Waals surface area contributed by atoms with Crippen LogP contribution in [0.3, 0.4) is 0 Å². The molecule has 1 aromatic rings. The van der Waals surface area contributed by atoms with Crippen molar-refractivity contribution in [1.29, 1.82) is 0 Å². The number of hydrogen-bond donors (Lipinski definition) is 2. The molecule has 1 heterocycles. The third-order valence-corrected chi connectivity index (χ3v) is 3.19. The summed E-state index contributed by atoms with van der Waals surface area (Å²) in [5, 5.41) is 7.39. The molecule has 0 spiro atoms. The Labute approximate surface area is 124 Å². The number of aromatic nitrogens is 1. The van der Waals surface area contributed by atoms with Crippen LogP contribution in [0.4, 0.5) is 0 Å². The normalized spacial score (nSPS) is 10.6. The van der Waals surface area contributed by atoms with Crippen molar-refractivity contribution in [2.75, 3.05) is 13.6 Å². The minimum atomic E-state index is 0. The lowest BCUT2D eigenvalue weighted by molar-refractivity contribution is 0.837. The first-order valence-electron chi connectivity index (χ1n) is 5.15. The van der Waals surface area contributed by atoms with E-state index in [1.807, 2.05) is 6.92 Å². The minimum Gasteiger partial charge on any atom is -0.353 e. The van der Waals surface area contributed by atoms with Crippen LogP contribution in [0.1, 0.15) is 15.6 Å². The quantitative estimate of drug-likeness (QED) is 0.372. The third-order valence-electron chi connectivity index (χ3n) is 2.12. The summed E-state index contributed by atoms with van der Waals surface area (Å²) in [6, 6.07) is 0. The first kappa shape index (κ1) is 16.4. The van der Waals surface area contributed by atoms with E-state index in [2.05, 4.69) is 34.1 Å². The monoisotopic (exact) mass is 366 g/mol. The van der Waals surface area contributed by atoms with Crippen LogP contribution in [0.2, 0.25) is 0 Å². The Morgan fingerprint density at radius 1 is 1.47 bits per heavy atom. The highest BCUT2D eigenvalue weighted by Crippen LogP contribution is 2.15. The van der Waals surface area contributed by atoms with Gasteiger partial charge in [0.25, 0.3) is 0 Å². The van der Waals surface area contributed by atoms with Crippen molar-refractivity contribution < 1.29 is 0 Å². The fourth-order valence-electron chi connectivity index (χ4n) is 1.16. The van der Waals surface area contributed by atoms with E-state index < -0.39 is 0 Å². The maximum Gasteiger partial charge on any atom is 0.191 e. The number of hydrogen-bond acceptors (Lipinski definition) is 3. The maximum atomic E-state index is 4.45. The molecule has 0 aromatic carbocycles. The van der Waals surface area contributed by atoms with E-state index in [4.69, 9.17) is 0 Å². The van der Waals surface area contributed by atoms with Gasteiger partial charge in [-0.25, -0.2) is 4.98 Å². The predicted molar refractivity (Wildman–Crippen MR) is 85.4 cm³/mol. The number of thiazole rings is 1. The van der Waals surface area contributed by atoms with Crippen LogP contribution in [-0.2, 0) is 6.54 Å². The lowest BCUT2D eigenvalue weighted by Crippen LogP contribution is -2.36. The van der Waals surface area contributed by atoms with Crippen LogP contribution in [0, 0.1) is 13.8 Å². The standard InChI is InChI=1S/C11H18N4S.HI/c1-5-6-13-11(12-4)14-7-10-15-8(2)9(3)16-10;/h5H,1,6-7H2,2-4H3,(H2,12,13,14);1H. The Kier molecular flexibility index (Phi) is 8.15. The lowest BCUT2D eigenvalue weighted by atomic mass is 10.4. The Morgan fingerprint density at radius 3 is 2.65 bits per heavy atom. The van der Waals surface area contributed by atoms with E-state index in [1.165, 1.54) is 4.88 Å². The Morgan fingerprint density at radius 2 is 2.18 bits per heavy atom. The zero-order valence-corrected chi connectivity index (χ0v) is 13.6. The molecule has 0 unspecified atom stereocenters. The van der Waals surface area contributed by atoms with Crippen molar-refractivity contribution in [2.45, 2.75) is 20.4 Å². The molecule has 1 aromatic heterocycles. The van der Waals surface area contributed by atoms with Gasteiger partial charge in [-0.05, 0) is 13.8 Å². The summed E-state index contributed by atoms with van der Waals surface area (Å²) in [6.45, 7) is 9.17. The third kappa shape index (κ3) is 5.49. The van der Waals surface area contributed by atoms with E-state index in [0.29, 0.717) is 13.1 Å². The second-order valence-corrected chi connectivity index (χ2v) is 4.63. The molecule has 0 amide bonds. The summed E-state index contributed by atoms with van der Waals surface area (Å²) in [4.78, 5) is 9.81. The van der Waals surface area contributed by atoms with Gasteiger partial charge < -0.3 is 10.6 Å². The second kappa shape index (κ2) is 8.46. The molecule has 96 valence electrons. The molecule has 0 aliphatic rings. The maximum absolute atomic E-state index is 4.45. The molecule has 6 heteroatoms. The first-order chi connectivity index (χ1) is 7.67. The number of nitrogens with zero attached hydrogens (tertiary/aromatic N) is 2. The van der Waals surface area contributed by atoms with Crippen LogP contribution in [0.5, 0.6) is 0 Å². The van der Waals surface area contributed by atoms with Crippen molar-refractivity contribution in [3.63, 3.8) is 0 Å². The van der Waals surface area contributed by atoms with Crippen LogP contribution in [0.15, 0.2) is 17.6 Å². The van der Waals surface area contributed by atoms with Crippen molar-refractivity contribution in [2.24, 2.45) is 4.99 Å². The average molecular weight is 366 g/mol. The molecule has 0 atom stereocenters. The number of halogens is 1. The summed E-state index contributed by atoms with van der Waals surface area (Å²) in [5.74, 6) is 0.769. The van der Waals surface area contributed by atoms with Gasteiger partial charge in [-0.1, -0.05) is 6.08 Å². The Bertz CT molecular complexity index is 367. The summed E-state index contributed by atoms with van der Waals surface area (Å²) >= 11 is 1.71. The molecule has 0 saturated heterocycles. The molecule has 0 radical (unpaired) electrons. The molecule has 0 aliphatic heterocycles. The molecular formula is C11H19IN4S. The van der Waals surface area contributed by atoms with Gasteiger partial charge in [-0.2, -0.15) is 0 Å². The molecule has 4 nitrogen and oxygen atoms in total. The van der Waals surface area contributed by atoms with Crippen LogP contribution in [0.25, 0.3) is 0 Å². The van der Waals surface area contributed by atoms with Crippen molar-refractivity contribution >= 4 is 41.3 Å². The van der Waals surface area contributed by atoms with Gasteiger partial charge in [0.05, 0.1) is 12.2 Å². The molecule has 0 aliphatic carbocycles. The van der Waals surface area contributed by atoms with Crippen LogP contribution >= 0.6 is 35.3 Å². The van der Waals surface area contributed by atoms with Gasteiger partial charge in [0.15, 0.2) is 5.96 Å². The number of nitrogens with one attached hydrogen (secondary N) is 2. The largest absolute Gasteiger partial charge is 0.353 e. The first-order valence-corrected chi connectivity index (χ1v) is 5.97. The highest BCUT2D eigenvalue weighted by Gasteiger charge is 2.03. The summed E-state index contributed by atoms with van der Waals surface area (Å²) in [7, 11) is 1.75. The van der Waals surface area contributed by atoms with Crippen molar-refractivity contribution in [3.8, 4) is 0 Å². The molecule has 1 rings (SSSR count). The second-order valence-electron chi connectivity index (χ2n) is 3.34. The van der Waals surface area contributed by atoms with Gasteiger partial charge >= 0.3 is 0 Å². The minimum absolute atomic E-state index is 0. The molecule has 2 N–H and O–H groups in total. The van der Waals surface area contributed by atoms with Crippen LogP contribution in [-0.4, -0.2) is 24.5 Å². The fraction of sp³-hybridized carbons (Fsp3) is 0.455. The van der Waals surface area contributed by atoms with E-state index in [1.54, 1.807) is 24.5 Å². The summed E-state index contributed by atoms with van der Waals surface area (Å²) in [6.07, 6.45) is 1.80. The van der Waals surface area contributed by atoms with Gasteiger partial charge in [-0.15, -0.1) is 41.9 Å². The zero-order chi connectivity index (χ0) is 12.0. The van der Waals surface area contributed by atoms with E-state index in [0.717, 1.165) is 16.7 Å². The highest BCUT2D eigenvalue weighted by molar-refractivity contribution is 14.0. The summed E-state index contributed by atoms with van der Waals surface area (Å²) in [5.41, 5.74) is 1.11. The van der Waals surface area contributed by atoms with Gasteiger partial charge in [0.2, 0.25) is 0 Å². The molecule has 17 heavy (non-hydrogen) atoms. The Balaban J connectivity index is 0.00000256. The molecule has 0 fully saturated rings. The van der Waals surface area contributed by atoms with Gasteiger partial charge in [-0.3, -0.25) is 4.99 Å². The smallest absolute Gasteiger partial charge is 0.191 e. The van der Waals surface area contributed by atoms with Crippen molar-refractivity contribution in [3.05, 3.63) is 28.2 Å². The Hall–Kier alpha value is -0.630.